The van der Waals surface area contributed by atoms with Gasteiger partial charge in [-0.05, 0) is 75.8 Å². The largest absolute Gasteiger partial charge is 0.512 e. The molecular formula is C53H72IrNO3S-. The summed E-state index contributed by atoms with van der Waals surface area (Å²) in [6, 6.07) is 6.90. The Balaban J connectivity index is 0.000000349. The number of benzene rings is 3. The smallest absolute Gasteiger partial charge is 0.165 e. The van der Waals surface area contributed by atoms with Gasteiger partial charge in [0.15, 0.2) is 5.78 Å². The normalized spacial score (nSPS) is 17.0. The zero-order chi connectivity index (χ0) is 47.9. The maximum absolute atomic E-state index is 12.8. The van der Waals surface area contributed by atoms with Crippen LogP contribution < -0.4 is 4.74 Å². The number of aliphatic hydroxyl groups excluding tert-OH is 1. The summed E-state index contributed by atoms with van der Waals surface area (Å²) in [6.07, 6.45) is 5.42. The van der Waals surface area contributed by atoms with Crippen molar-refractivity contribution >= 4 is 48.1 Å². The predicted octanol–water partition coefficient (Wildman–Crippen LogP) is 15.4. The molecule has 1 aliphatic rings. The second-order valence-electron chi connectivity index (χ2n) is 20.7. The molecule has 0 aliphatic heterocycles. The summed E-state index contributed by atoms with van der Waals surface area (Å²) in [5.74, 6) is 2.18. The third-order valence-corrected chi connectivity index (χ3v) is 15.4. The fraction of sp³-hybridized carbons (Fsp3) is 0.547. The van der Waals surface area contributed by atoms with E-state index in [-0.39, 0.29) is 107 Å². The number of thiophene rings is 1. The van der Waals surface area contributed by atoms with Gasteiger partial charge in [-0.3, -0.25) is 9.78 Å². The van der Waals surface area contributed by atoms with Crippen molar-refractivity contribution in [3.8, 4) is 17.0 Å². The number of hydrogen-bond acceptors (Lipinski definition) is 5. The van der Waals surface area contributed by atoms with Gasteiger partial charge in [-0.15, -0.1) is 40.4 Å². The summed E-state index contributed by atoms with van der Waals surface area (Å²) in [7, 11) is 1.75. The van der Waals surface area contributed by atoms with Crippen LogP contribution in [0.2, 0.25) is 0 Å². The summed E-state index contributed by atoms with van der Waals surface area (Å²) >= 11 is 1.61. The molecular weight excluding hydrogens is 923 g/mol. The van der Waals surface area contributed by atoms with Gasteiger partial charge < -0.3 is 9.84 Å². The van der Waals surface area contributed by atoms with E-state index in [1.807, 2.05) is 40.7 Å². The molecule has 5 aromatic rings. The average Bonchev–Trinajstić information content (AvgIpc) is 3.57. The first kappa shape index (κ1) is 41.3. The first-order chi connectivity index (χ1) is 28.8. The molecule has 4 nitrogen and oxygen atoms in total. The molecule has 0 saturated heterocycles. The fourth-order valence-corrected chi connectivity index (χ4v) is 10.1. The molecule has 0 unspecified atom stereocenters. The van der Waals surface area contributed by atoms with Crippen LogP contribution in [0.4, 0.5) is 0 Å². The van der Waals surface area contributed by atoms with Gasteiger partial charge in [0.25, 0.3) is 0 Å². The Morgan fingerprint density at radius 3 is 1.97 bits per heavy atom. The van der Waals surface area contributed by atoms with Gasteiger partial charge in [-0.25, -0.2) is 0 Å². The van der Waals surface area contributed by atoms with E-state index in [4.69, 9.17) is 15.2 Å². The molecule has 0 bridgehead atoms. The summed E-state index contributed by atoms with van der Waals surface area (Å²) in [5, 5.41) is 13.4. The van der Waals surface area contributed by atoms with E-state index in [1.54, 1.807) is 24.6 Å². The molecule has 0 saturated carbocycles. The summed E-state index contributed by atoms with van der Waals surface area (Å²) < 4.78 is 51.6. The van der Waals surface area contributed by atoms with Crippen LogP contribution in [0.15, 0.2) is 60.4 Å². The van der Waals surface area contributed by atoms with E-state index >= 15 is 0 Å². The van der Waals surface area contributed by atoms with Crippen LogP contribution in [0.3, 0.4) is 0 Å². The molecule has 6 heteroatoms. The molecule has 1 aliphatic carbocycles. The van der Waals surface area contributed by atoms with Crippen molar-refractivity contribution in [2.75, 3.05) is 7.11 Å². The Hall–Kier alpha value is -3.05. The molecule has 6 rings (SSSR count). The number of fused-ring (bicyclic) bond motifs is 5. The number of methoxy groups -OCH3 is 1. The molecule has 0 atom stereocenters. The summed E-state index contributed by atoms with van der Waals surface area (Å²) in [5.41, 5.74) is 2.77. The zero-order valence-corrected chi connectivity index (χ0v) is 42.2. The van der Waals surface area contributed by atoms with Crippen LogP contribution in [-0.2, 0) is 41.1 Å². The predicted molar refractivity (Wildman–Crippen MR) is 251 cm³/mol. The second kappa shape index (κ2) is 17.4. The van der Waals surface area contributed by atoms with Crippen LogP contribution in [0.25, 0.3) is 42.2 Å². The van der Waals surface area contributed by atoms with Crippen molar-refractivity contribution in [2.24, 2.45) is 34.5 Å². The van der Waals surface area contributed by atoms with Gasteiger partial charge in [0.1, 0.15) is 11.5 Å². The minimum Gasteiger partial charge on any atom is -0.512 e. The Labute approximate surface area is 381 Å². The standard InChI is InChI=1S/C34H36NOS.C19H36O2.Ir/c1-32(2,3)25-18-21(17-20-11-9-10-12-22(20)25)28-30-23(13-16-35-28)24-19-26-27(29(36-8)31(24)37-30)34(6,7)15-14-33(26,4)5;1-12(2)18(9,13(3)4)16(20)11-17(21)19(10,14(5)6)15(7)8;/h9-13,16,18-19H,14-15H2,1-8H3;11-15,20H,1-10H3;/q-1;;/b;16-11-;/i9D,10D,11D,12D,18D;;. The van der Waals surface area contributed by atoms with Crippen molar-refractivity contribution in [3.63, 3.8) is 0 Å². The monoisotopic (exact) mass is 1000 g/mol. The minimum absolute atomic E-state index is 0. The second-order valence-corrected chi connectivity index (χ2v) is 21.7. The maximum atomic E-state index is 12.8. The molecule has 0 spiro atoms. The number of aliphatic hydroxyl groups is 1. The number of hydrogen-bond donors (Lipinski definition) is 1. The number of ketones is 1. The van der Waals surface area contributed by atoms with Gasteiger partial charge in [0.2, 0.25) is 0 Å². The third kappa shape index (κ3) is 8.72. The summed E-state index contributed by atoms with van der Waals surface area (Å²) in [4.78, 5) is 17.6. The topological polar surface area (TPSA) is 59.4 Å². The van der Waals surface area contributed by atoms with Crippen LogP contribution in [-0.4, -0.2) is 23.0 Å². The number of nitrogens with zero attached hydrogens (tertiary/aromatic N) is 1. The number of pyridine rings is 1. The van der Waals surface area contributed by atoms with Crippen LogP contribution in [0, 0.1) is 40.6 Å². The SMILES string of the molecule is CC(C)C(C)(C(=O)/C=C(\O)C(C)(C(C)C)C(C)C)C(C)C.[2H]c1c([2H])c([2H])c2c(C(C)(C)C)c([2H])c(-c3nccc4c3sc3c(OC)c5c(cc34)C(C)(C)CCC5(C)C)[c-]c2c1[2H].[Ir]. The van der Waals surface area contributed by atoms with Gasteiger partial charge in [0.05, 0.1) is 15.9 Å². The van der Waals surface area contributed by atoms with E-state index in [1.165, 1.54) is 17.2 Å². The number of ether oxygens (including phenoxy) is 1. The number of aromatic nitrogens is 1. The number of allylic oxidation sites excluding steroid dienone is 2. The third-order valence-electron chi connectivity index (χ3n) is 14.2. The maximum Gasteiger partial charge on any atom is 0.165 e. The van der Waals surface area contributed by atoms with E-state index in [9.17, 15) is 11.3 Å². The van der Waals surface area contributed by atoms with Crippen LogP contribution in [0.1, 0.15) is 154 Å². The van der Waals surface area contributed by atoms with Gasteiger partial charge in [-0.1, -0.05) is 147 Å². The van der Waals surface area contributed by atoms with Crippen molar-refractivity contribution in [3.05, 3.63) is 83.1 Å². The van der Waals surface area contributed by atoms with Gasteiger partial charge >= 0.3 is 0 Å². The van der Waals surface area contributed by atoms with E-state index in [0.29, 0.717) is 22.2 Å². The zero-order valence-electron chi connectivity index (χ0n) is 44.0. The minimum atomic E-state index is -0.565. The quantitative estimate of drug-likeness (QED) is 0.0908. The molecule has 0 amide bonds. The number of rotatable bonds is 9. The molecule has 1 radical (unpaired) electrons. The molecule has 323 valence electrons. The Bertz CT molecular complexity index is 2620. The van der Waals surface area contributed by atoms with Crippen molar-refractivity contribution < 1.29 is 41.6 Å². The van der Waals surface area contributed by atoms with E-state index < -0.39 is 10.8 Å². The first-order valence-corrected chi connectivity index (χ1v) is 22.0. The van der Waals surface area contributed by atoms with Crippen molar-refractivity contribution in [1.82, 2.24) is 4.98 Å². The molecule has 2 heterocycles. The van der Waals surface area contributed by atoms with Crippen molar-refractivity contribution in [1.29, 1.82) is 0 Å². The molecule has 1 N–H and O–H groups in total. The Morgan fingerprint density at radius 1 is 0.864 bits per heavy atom. The van der Waals surface area contributed by atoms with Gasteiger partial charge in [-0.2, -0.15) is 0 Å². The van der Waals surface area contributed by atoms with E-state index in [2.05, 4.69) is 95.2 Å². The Morgan fingerprint density at radius 2 is 1.42 bits per heavy atom. The number of carbonyl (C=O) groups excluding carboxylic acids is 1. The van der Waals surface area contributed by atoms with Crippen LogP contribution >= 0.6 is 11.3 Å². The van der Waals surface area contributed by atoms with Crippen LogP contribution in [0.5, 0.6) is 5.75 Å². The molecule has 0 fully saturated rings. The number of carbonyl (C=O) groups is 1. The first-order valence-electron chi connectivity index (χ1n) is 23.7. The van der Waals surface area contributed by atoms with Crippen molar-refractivity contribution in [2.45, 2.75) is 147 Å². The molecule has 3 aromatic carbocycles. The van der Waals surface area contributed by atoms with E-state index in [0.717, 1.165) is 38.8 Å². The molecule has 2 aromatic heterocycles. The average molecular weight is 1000 g/mol. The Kier molecular flexibility index (Phi) is 12.2. The summed E-state index contributed by atoms with van der Waals surface area (Å²) in [6.45, 7) is 35.9. The van der Waals surface area contributed by atoms with Gasteiger partial charge in [0, 0.05) is 67.3 Å². The fourth-order valence-electron chi connectivity index (χ4n) is 8.82. The molecule has 59 heavy (non-hydrogen) atoms.